The molecule has 0 saturated carbocycles. The van der Waals surface area contributed by atoms with E-state index < -0.39 is 11.9 Å². The summed E-state index contributed by atoms with van der Waals surface area (Å²) < 4.78 is 0.865. The van der Waals surface area contributed by atoms with Crippen LogP contribution in [0.3, 0.4) is 0 Å². The first-order valence-corrected chi connectivity index (χ1v) is 6.15. The van der Waals surface area contributed by atoms with Crippen LogP contribution in [0, 0.1) is 0 Å². The lowest BCUT2D eigenvalue weighted by molar-refractivity contribution is 0.0651. The second-order valence-corrected chi connectivity index (χ2v) is 4.80. The van der Waals surface area contributed by atoms with Crippen LogP contribution in [0.4, 0.5) is 0 Å². The number of aromatic carboxylic acids is 2. The largest absolute Gasteiger partial charge is 0.478 e. The highest BCUT2D eigenvalue weighted by atomic mass is 79.9. The average molecular weight is 321 g/mol. The first-order chi connectivity index (χ1) is 8.99. The van der Waals surface area contributed by atoms with Gasteiger partial charge in [0, 0.05) is 4.47 Å². The van der Waals surface area contributed by atoms with E-state index in [0.29, 0.717) is 5.56 Å². The summed E-state index contributed by atoms with van der Waals surface area (Å²) in [5.74, 6) is -2.51. The highest BCUT2D eigenvalue weighted by Crippen LogP contribution is 2.25. The molecule has 96 valence electrons. The van der Waals surface area contributed by atoms with Gasteiger partial charge in [-0.05, 0) is 35.4 Å². The molecule has 0 atom stereocenters. The summed E-state index contributed by atoms with van der Waals surface area (Å²) in [4.78, 5) is 22.1. The van der Waals surface area contributed by atoms with Crippen LogP contribution in [-0.2, 0) is 0 Å². The quantitative estimate of drug-likeness (QED) is 0.907. The van der Waals surface area contributed by atoms with E-state index in [1.807, 2.05) is 24.3 Å². The van der Waals surface area contributed by atoms with Gasteiger partial charge in [0.15, 0.2) is 0 Å². The molecular weight excluding hydrogens is 312 g/mol. The summed E-state index contributed by atoms with van der Waals surface area (Å²) >= 11 is 3.33. The van der Waals surface area contributed by atoms with E-state index in [2.05, 4.69) is 15.9 Å². The molecule has 2 rings (SSSR count). The number of halogens is 1. The number of hydrogen-bond acceptors (Lipinski definition) is 2. The predicted molar refractivity (Wildman–Crippen MR) is 73.5 cm³/mol. The van der Waals surface area contributed by atoms with Crippen LogP contribution in [0.15, 0.2) is 46.9 Å². The highest BCUT2D eigenvalue weighted by molar-refractivity contribution is 9.10. The fourth-order valence-corrected chi connectivity index (χ4v) is 2.15. The smallest absolute Gasteiger partial charge is 0.336 e. The Morgan fingerprint density at radius 3 is 2.05 bits per heavy atom. The molecule has 0 aliphatic rings. The van der Waals surface area contributed by atoms with Gasteiger partial charge in [0.2, 0.25) is 0 Å². The van der Waals surface area contributed by atoms with Crippen LogP contribution >= 0.6 is 15.9 Å². The van der Waals surface area contributed by atoms with Crippen molar-refractivity contribution in [3.8, 4) is 11.1 Å². The maximum absolute atomic E-state index is 11.1. The Morgan fingerprint density at radius 2 is 1.47 bits per heavy atom. The summed E-state index contributed by atoms with van der Waals surface area (Å²) in [5.41, 5.74) is 1.04. The molecule has 0 spiro atoms. The lowest BCUT2D eigenvalue weighted by Crippen LogP contribution is -2.07. The monoisotopic (exact) mass is 320 g/mol. The topological polar surface area (TPSA) is 74.6 Å². The highest BCUT2D eigenvalue weighted by Gasteiger charge is 2.16. The predicted octanol–water partition coefficient (Wildman–Crippen LogP) is 3.51. The molecule has 0 fully saturated rings. The van der Waals surface area contributed by atoms with E-state index in [1.165, 1.54) is 12.1 Å². The maximum atomic E-state index is 11.1. The molecule has 0 aliphatic heterocycles. The standard InChI is InChI=1S/C14H9BrO4/c15-10-3-1-2-8(6-10)9-4-5-11(13(16)17)12(7-9)14(18)19/h1-7H,(H,16,17)(H,18,19). The summed E-state index contributed by atoms with van der Waals surface area (Å²) in [7, 11) is 0. The Balaban J connectivity index is 2.58. The zero-order valence-electron chi connectivity index (χ0n) is 9.63. The van der Waals surface area contributed by atoms with Crippen molar-refractivity contribution in [1.29, 1.82) is 0 Å². The van der Waals surface area contributed by atoms with Gasteiger partial charge < -0.3 is 10.2 Å². The van der Waals surface area contributed by atoms with Crippen molar-refractivity contribution in [2.75, 3.05) is 0 Å². The summed E-state index contributed by atoms with van der Waals surface area (Å²) in [6.07, 6.45) is 0. The molecular formula is C14H9BrO4. The third kappa shape index (κ3) is 2.82. The number of rotatable bonds is 3. The van der Waals surface area contributed by atoms with Crippen LogP contribution in [0.5, 0.6) is 0 Å². The third-order valence-corrected chi connectivity index (χ3v) is 3.13. The van der Waals surface area contributed by atoms with Crippen molar-refractivity contribution in [3.63, 3.8) is 0 Å². The van der Waals surface area contributed by atoms with Gasteiger partial charge >= 0.3 is 11.9 Å². The molecule has 2 aromatic carbocycles. The number of carbonyl (C=O) groups is 2. The number of hydrogen-bond donors (Lipinski definition) is 2. The van der Waals surface area contributed by atoms with Gasteiger partial charge in [-0.3, -0.25) is 0 Å². The van der Waals surface area contributed by atoms with E-state index in [4.69, 9.17) is 10.2 Å². The van der Waals surface area contributed by atoms with Gasteiger partial charge in [0.05, 0.1) is 11.1 Å². The van der Waals surface area contributed by atoms with Crippen molar-refractivity contribution in [3.05, 3.63) is 58.1 Å². The second-order valence-electron chi connectivity index (χ2n) is 3.88. The average Bonchev–Trinajstić information content (AvgIpc) is 2.37. The molecule has 0 heterocycles. The third-order valence-electron chi connectivity index (χ3n) is 2.64. The van der Waals surface area contributed by atoms with Gasteiger partial charge in [-0.2, -0.15) is 0 Å². The van der Waals surface area contributed by atoms with E-state index in [0.717, 1.165) is 10.0 Å². The molecule has 19 heavy (non-hydrogen) atoms. The molecule has 2 aromatic rings. The Bertz CT molecular complexity index is 664. The van der Waals surface area contributed by atoms with Crippen LogP contribution in [-0.4, -0.2) is 22.2 Å². The van der Waals surface area contributed by atoms with Crippen molar-refractivity contribution >= 4 is 27.9 Å². The summed E-state index contributed by atoms with van der Waals surface area (Å²) in [6, 6.07) is 11.6. The zero-order valence-corrected chi connectivity index (χ0v) is 11.2. The maximum Gasteiger partial charge on any atom is 0.336 e. The molecule has 0 aliphatic carbocycles. The molecule has 0 aromatic heterocycles. The van der Waals surface area contributed by atoms with Gasteiger partial charge in [0.1, 0.15) is 0 Å². The lowest BCUT2D eigenvalue weighted by atomic mass is 9.99. The fraction of sp³-hybridized carbons (Fsp3) is 0. The van der Waals surface area contributed by atoms with Crippen LogP contribution in [0.1, 0.15) is 20.7 Å². The van der Waals surface area contributed by atoms with Crippen molar-refractivity contribution in [2.24, 2.45) is 0 Å². The van der Waals surface area contributed by atoms with Crippen LogP contribution in [0.25, 0.3) is 11.1 Å². The minimum Gasteiger partial charge on any atom is -0.478 e. The summed E-state index contributed by atoms with van der Waals surface area (Å²) in [5, 5.41) is 18.0. The van der Waals surface area contributed by atoms with Gasteiger partial charge in [-0.1, -0.05) is 34.1 Å². The SMILES string of the molecule is O=C(O)c1ccc(-c2cccc(Br)c2)cc1C(=O)O. The van der Waals surface area contributed by atoms with Crippen molar-refractivity contribution < 1.29 is 19.8 Å². The Kier molecular flexibility index (Phi) is 3.66. The molecule has 0 amide bonds. The Hall–Kier alpha value is -2.14. The van der Waals surface area contributed by atoms with E-state index >= 15 is 0 Å². The van der Waals surface area contributed by atoms with Crippen molar-refractivity contribution in [2.45, 2.75) is 0 Å². The molecule has 0 bridgehead atoms. The van der Waals surface area contributed by atoms with Crippen molar-refractivity contribution in [1.82, 2.24) is 0 Å². The number of carboxylic acid groups (broad SMARTS) is 2. The molecule has 5 heteroatoms. The second kappa shape index (κ2) is 5.24. The van der Waals surface area contributed by atoms with E-state index in [-0.39, 0.29) is 11.1 Å². The number of carboxylic acids is 2. The lowest BCUT2D eigenvalue weighted by Gasteiger charge is -2.06. The Labute approximate surface area is 117 Å². The molecule has 4 nitrogen and oxygen atoms in total. The molecule has 0 unspecified atom stereocenters. The fourth-order valence-electron chi connectivity index (χ4n) is 1.76. The minimum atomic E-state index is -1.26. The summed E-state index contributed by atoms with van der Waals surface area (Å²) in [6.45, 7) is 0. The normalized spacial score (nSPS) is 10.2. The van der Waals surface area contributed by atoms with Gasteiger partial charge in [-0.15, -0.1) is 0 Å². The Morgan fingerprint density at radius 1 is 0.842 bits per heavy atom. The first kappa shape index (κ1) is 13.3. The van der Waals surface area contributed by atoms with Gasteiger partial charge in [-0.25, -0.2) is 9.59 Å². The number of benzene rings is 2. The van der Waals surface area contributed by atoms with E-state index in [9.17, 15) is 9.59 Å². The van der Waals surface area contributed by atoms with Crippen LogP contribution in [0.2, 0.25) is 0 Å². The first-order valence-electron chi connectivity index (χ1n) is 5.35. The molecule has 0 radical (unpaired) electrons. The van der Waals surface area contributed by atoms with Gasteiger partial charge in [0.25, 0.3) is 0 Å². The van der Waals surface area contributed by atoms with E-state index in [1.54, 1.807) is 6.07 Å². The van der Waals surface area contributed by atoms with Crippen LogP contribution < -0.4 is 0 Å². The zero-order chi connectivity index (χ0) is 14.0. The minimum absolute atomic E-state index is 0.216. The molecule has 2 N–H and O–H groups in total. The molecule has 0 saturated heterocycles.